The minimum atomic E-state index is -0.390. The van der Waals surface area contributed by atoms with E-state index in [1.54, 1.807) is 49.1 Å². The Morgan fingerprint density at radius 2 is 1.89 bits per heavy atom. The van der Waals surface area contributed by atoms with E-state index in [1.165, 1.54) is 18.0 Å². The number of aromatic nitrogens is 3. The van der Waals surface area contributed by atoms with E-state index >= 15 is 0 Å². The Labute approximate surface area is 218 Å². The van der Waals surface area contributed by atoms with Gasteiger partial charge in [0.25, 0.3) is 5.91 Å². The number of amides is 2. The monoisotopic (exact) mass is 521 g/mol. The maximum absolute atomic E-state index is 12.8. The van der Waals surface area contributed by atoms with Crippen molar-refractivity contribution in [1.82, 2.24) is 20.1 Å². The van der Waals surface area contributed by atoms with Crippen molar-refractivity contribution in [2.45, 2.75) is 25.5 Å². The van der Waals surface area contributed by atoms with Crippen LogP contribution in [0.2, 0.25) is 0 Å². The van der Waals surface area contributed by atoms with Crippen molar-refractivity contribution in [3.8, 4) is 17.2 Å². The number of anilines is 1. The molecule has 4 aromatic rings. The number of furan rings is 1. The number of nitrogens with one attached hydrogen (secondary N) is 2. The summed E-state index contributed by atoms with van der Waals surface area (Å²) in [5, 5.41) is 14.8. The van der Waals surface area contributed by atoms with Gasteiger partial charge in [0.05, 0.1) is 38.5 Å². The van der Waals surface area contributed by atoms with E-state index in [9.17, 15) is 9.59 Å². The summed E-state index contributed by atoms with van der Waals surface area (Å²) in [6.45, 7) is 3.97. The van der Waals surface area contributed by atoms with Gasteiger partial charge in [-0.15, -0.1) is 10.2 Å². The van der Waals surface area contributed by atoms with Crippen molar-refractivity contribution < 1.29 is 23.5 Å². The molecule has 0 aliphatic heterocycles. The van der Waals surface area contributed by atoms with Gasteiger partial charge in [0, 0.05) is 11.8 Å². The lowest BCUT2D eigenvalue weighted by molar-refractivity contribution is -0.113. The van der Waals surface area contributed by atoms with Crippen LogP contribution in [0, 0.1) is 13.8 Å². The van der Waals surface area contributed by atoms with Crippen LogP contribution in [0.1, 0.15) is 27.5 Å². The van der Waals surface area contributed by atoms with Crippen LogP contribution in [-0.2, 0) is 11.3 Å². The van der Waals surface area contributed by atoms with Crippen molar-refractivity contribution >= 4 is 29.3 Å². The third-order valence-corrected chi connectivity index (χ3v) is 6.41. The molecule has 0 aliphatic carbocycles. The third-order valence-electron chi connectivity index (χ3n) is 5.48. The van der Waals surface area contributed by atoms with Crippen LogP contribution in [-0.4, -0.2) is 46.6 Å². The van der Waals surface area contributed by atoms with Gasteiger partial charge in [-0.3, -0.25) is 14.2 Å². The van der Waals surface area contributed by atoms with E-state index in [2.05, 4.69) is 20.8 Å². The summed E-state index contributed by atoms with van der Waals surface area (Å²) in [4.78, 5) is 25.2. The molecule has 0 fully saturated rings. The molecule has 192 valence electrons. The van der Waals surface area contributed by atoms with E-state index in [-0.39, 0.29) is 29.9 Å². The predicted octanol–water partition coefficient (Wildman–Crippen LogP) is 4.16. The van der Waals surface area contributed by atoms with Crippen LogP contribution in [0.15, 0.2) is 64.4 Å². The van der Waals surface area contributed by atoms with Gasteiger partial charge < -0.3 is 24.5 Å². The van der Waals surface area contributed by atoms with Crippen LogP contribution >= 0.6 is 11.8 Å². The zero-order chi connectivity index (χ0) is 26.4. The van der Waals surface area contributed by atoms with Crippen molar-refractivity contribution in [1.29, 1.82) is 0 Å². The lowest BCUT2D eigenvalue weighted by Crippen LogP contribution is -2.24. The van der Waals surface area contributed by atoms with Gasteiger partial charge in [-0.1, -0.05) is 23.9 Å². The van der Waals surface area contributed by atoms with Crippen LogP contribution in [0.25, 0.3) is 5.69 Å². The number of methoxy groups -OCH3 is 2. The number of hydrogen-bond acceptors (Lipinski definition) is 8. The van der Waals surface area contributed by atoms with Gasteiger partial charge in [-0.2, -0.15) is 0 Å². The van der Waals surface area contributed by atoms with E-state index in [4.69, 9.17) is 13.9 Å². The Morgan fingerprint density at radius 1 is 1.05 bits per heavy atom. The predicted molar refractivity (Wildman–Crippen MR) is 140 cm³/mol. The number of carbonyl (C=O) groups is 2. The minimum Gasteiger partial charge on any atom is -0.497 e. The molecule has 4 rings (SSSR count). The smallest absolute Gasteiger partial charge is 0.287 e. The zero-order valence-electron chi connectivity index (χ0n) is 20.9. The first-order chi connectivity index (χ1) is 17.9. The molecule has 11 heteroatoms. The first-order valence-corrected chi connectivity index (χ1v) is 12.4. The lowest BCUT2D eigenvalue weighted by atomic mass is 10.1. The molecule has 0 radical (unpaired) electrons. The second kappa shape index (κ2) is 11.7. The molecule has 0 aliphatic rings. The average Bonchev–Trinajstić information content (AvgIpc) is 3.58. The molecule has 37 heavy (non-hydrogen) atoms. The van der Waals surface area contributed by atoms with Gasteiger partial charge in [0.2, 0.25) is 5.91 Å². The Balaban J connectivity index is 1.60. The van der Waals surface area contributed by atoms with E-state index in [0.717, 1.165) is 16.8 Å². The molecule has 0 saturated heterocycles. The van der Waals surface area contributed by atoms with Crippen molar-refractivity contribution in [2.24, 2.45) is 0 Å². The molecule has 2 aromatic heterocycles. The first-order valence-electron chi connectivity index (χ1n) is 11.4. The van der Waals surface area contributed by atoms with Crippen molar-refractivity contribution in [3.05, 3.63) is 77.5 Å². The van der Waals surface area contributed by atoms with Crippen LogP contribution in [0.5, 0.6) is 11.5 Å². The molecule has 10 nitrogen and oxygen atoms in total. The molecule has 0 spiro atoms. The normalized spacial score (nSPS) is 10.7. The van der Waals surface area contributed by atoms with Crippen molar-refractivity contribution in [2.75, 3.05) is 25.3 Å². The van der Waals surface area contributed by atoms with Crippen LogP contribution in [0.4, 0.5) is 5.69 Å². The molecule has 0 saturated carbocycles. The topological polar surface area (TPSA) is 121 Å². The SMILES string of the molecule is COc1ccc(OC)c(-n2c(CNC(=O)c3ccco3)nnc2SCC(=O)Nc2cc(C)ccc2C)c1. The summed E-state index contributed by atoms with van der Waals surface area (Å²) in [6.07, 6.45) is 1.43. The number of thioether (sulfide) groups is 1. The summed E-state index contributed by atoms with van der Waals surface area (Å²) < 4.78 is 17.9. The van der Waals surface area contributed by atoms with Crippen molar-refractivity contribution in [3.63, 3.8) is 0 Å². The zero-order valence-corrected chi connectivity index (χ0v) is 21.7. The highest BCUT2D eigenvalue weighted by Gasteiger charge is 2.21. The molecular formula is C26H27N5O5S. The molecule has 2 aromatic carbocycles. The van der Waals surface area contributed by atoms with E-state index < -0.39 is 0 Å². The summed E-state index contributed by atoms with van der Waals surface area (Å²) >= 11 is 1.21. The Kier molecular flexibility index (Phi) is 8.14. The number of rotatable bonds is 10. The summed E-state index contributed by atoms with van der Waals surface area (Å²) in [7, 11) is 3.12. The number of ether oxygens (including phenoxy) is 2. The molecule has 2 amide bonds. The highest BCUT2D eigenvalue weighted by molar-refractivity contribution is 7.99. The van der Waals surface area contributed by atoms with Gasteiger partial charge in [-0.05, 0) is 55.3 Å². The lowest BCUT2D eigenvalue weighted by Gasteiger charge is -2.15. The fourth-order valence-corrected chi connectivity index (χ4v) is 4.33. The molecule has 0 unspecified atom stereocenters. The van der Waals surface area contributed by atoms with Gasteiger partial charge >= 0.3 is 0 Å². The van der Waals surface area contributed by atoms with Crippen LogP contribution in [0.3, 0.4) is 0 Å². The average molecular weight is 522 g/mol. The standard InChI is InChI=1S/C26H27N5O5S/c1-16-7-8-17(2)19(12-16)28-24(32)15-37-26-30-29-23(14-27-25(33)22-6-5-11-36-22)31(26)20-13-18(34-3)9-10-21(20)35-4/h5-13H,14-15H2,1-4H3,(H,27,33)(H,28,32). The Bertz CT molecular complexity index is 1400. The van der Waals surface area contributed by atoms with Gasteiger partial charge in [-0.25, -0.2) is 0 Å². The van der Waals surface area contributed by atoms with E-state index in [1.807, 2.05) is 32.0 Å². The summed E-state index contributed by atoms with van der Waals surface area (Å²) in [5.74, 6) is 1.28. The number of aryl methyl sites for hydroxylation is 2. The number of carbonyl (C=O) groups excluding carboxylic acids is 2. The molecule has 2 N–H and O–H groups in total. The highest BCUT2D eigenvalue weighted by Crippen LogP contribution is 2.32. The Hall–Kier alpha value is -4.25. The largest absolute Gasteiger partial charge is 0.497 e. The molecular weight excluding hydrogens is 494 g/mol. The summed E-state index contributed by atoms with van der Waals surface area (Å²) in [6, 6.07) is 14.4. The second-order valence-corrected chi connectivity index (χ2v) is 9.03. The highest BCUT2D eigenvalue weighted by atomic mass is 32.2. The van der Waals surface area contributed by atoms with E-state index in [0.29, 0.717) is 28.2 Å². The first kappa shape index (κ1) is 25.8. The van der Waals surface area contributed by atoms with Gasteiger partial charge in [0.15, 0.2) is 16.7 Å². The maximum atomic E-state index is 12.8. The molecule has 0 bridgehead atoms. The number of benzene rings is 2. The fourth-order valence-electron chi connectivity index (χ4n) is 3.56. The number of hydrogen-bond donors (Lipinski definition) is 2. The van der Waals surface area contributed by atoms with Gasteiger partial charge in [0.1, 0.15) is 11.5 Å². The summed E-state index contributed by atoms with van der Waals surface area (Å²) in [5.41, 5.74) is 3.40. The molecule has 2 heterocycles. The minimum absolute atomic E-state index is 0.0577. The van der Waals surface area contributed by atoms with Crippen LogP contribution < -0.4 is 20.1 Å². The Morgan fingerprint density at radius 3 is 2.62 bits per heavy atom. The fraction of sp³-hybridized carbons (Fsp3) is 0.231. The molecule has 0 atom stereocenters. The quantitative estimate of drug-likeness (QED) is 0.299. The maximum Gasteiger partial charge on any atom is 0.287 e. The third kappa shape index (κ3) is 6.12. The second-order valence-electron chi connectivity index (χ2n) is 8.09. The number of nitrogens with zero attached hydrogens (tertiary/aromatic N) is 3.